The Balaban J connectivity index is 2.27. The molecular weight excluding hydrogens is 638 g/mol. The van der Waals surface area contributed by atoms with Gasteiger partial charge in [-0.3, -0.25) is 24.0 Å². The number of amides is 5. The Morgan fingerprint density at radius 2 is 1.40 bits per heavy atom. The number of hydrogen-bond acceptors (Lipinski definition) is 8. The summed E-state index contributed by atoms with van der Waals surface area (Å²) >= 11 is 1.40. The summed E-state index contributed by atoms with van der Waals surface area (Å²) in [4.78, 5) is 75.9. The van der Waals surface area contributed by atoms with Crippen LogP contribution in [0.2, 0.25) is 0 Å². The number of rotatable bonds is 17. The van der Waals surface area contributed by atoms with Crippen molar-refractivity contribution in [3.05, 3.63) is 71.3 Å². The van der Waals surface area contributed by atoms with E-state index in [1.54, 1.807) is 65.0 Å². The Morgan fingerprint density at radius 1 is 0.771 bits per heavy atom. The summed E-state index contributed by atoms with van der Waals surface area (Å²) in [7, 11) is 0. The molecule has 0 saturated carbocycles. The maximum atomic E-state index is 13.8. The molecule has 0 unspecified atom stereocenters. The lowest BCUT2D eigenvalue weighted by Crippen LogP contribution is -2.59. The van der Waals surface area contributed by atoms with Gasteiger partial charge in [-0.25, -0.2) is 4.79 Å². The second-order valence-corrected chi connectivity index (χ2v) is 13.6. The maximum absolute atomic E-state index is 13.8. The van der Waals surface area contributed by atoms with Gasteiger partial charge in [0.15, 0.2) is 0 Å². The number of carboxylic acids is 1. The van der Waals surface area contributed by atoms with Gasteiger partial charge in [-0.15, -0.1) is 0 Å². The summed E-state index contributed by atoms with van der Waals surface area (Å²) in [6.07, 6.45) is -0.709. The molecule has 0 fully saturated rings. The predicted molar refractivity (Wildman–Crippen MR) is 183 cm³/mol. The highest BCUT2D eigenvalue weighted by Crippen LogP contribution is 2.16. The third-order valence-electron chi connectivity index (χ3n) is 6.70. The molecule has 0 aliphatic rings. The number of ether oxygens (including phenoxy) is 1. The topological polar surface area (TPSA) is 192 Å². The van der Waals surface area contributed by atoms with Crippen molar-refractivity contribution < 1.29 is 38.6 Å². The molecule has 0 heterocycles. The summed E-state index contributed by atoms with van der Waals surface area (Å²) < 4.78 is 5.33. The first-order valence-corrected chi connectivity index (χ1v) is 16.7. The van der Waals surface area contributed by atoms with Gasteiger partial charge in [-0.05, 0) is 44.7 Å². The van der Waals surface area contributed by atoms with Crippen molar-refractivity contribution in [2.45, 2.75) is 77.4 Å². The van der Waals surface area contributed by atoms with Crippen LogP contribution in [0, 0.1) is 12.8 Å². The lowest BCUT2D eigenvalue weighted by Gasteiger charge is -2.28. The van der Waals surface area contributed by atoms with Crippen LogP contribution in [-0.4, -0.2) is 83.4 Å². The minimum absolute atomic E-state index is 0.0706. The largest absolute Gasteiger partial charge is 0.480 e. The fourth-order valence-corrected chi connectivity index (χ4v) is 5.27. The van der Waals surface area contributed by atoms with Crippen LogP contribution in [0.1, 0.15) is 51.3 Å². The van der Waals surface area contributed by atoms with Crippen LogP contribution in [0.4, 0.5) is 4.79 Å². The molecule has 48 heavy (non-hydrogen) atoms. The summed E-state index contributed by atoms with van der Waals surface area (Å²) in [6.45, 7) is 9.46. The van der Waals surface area contributed by atoms with E-state index in [-0.39, 0.29) is 18.1 Å². The van der Waals surface area contributed by atoms with Gasteiger partial charge in [0.25, 0.3) is 0 Å². The zero-order valence-corrected chi connectivity index (χ0v) is 29.1. The number of carboxylic acid groups (broad SMARTS) is 1. The quantitative estimate of drug-likeness (QED) is 0.145. The second-order valence-electron chi connectivity index (χ2n) is 12.6. The molecule has 13 nitrogen and oxygen atoms in total. The molecule has 0 radical (unpaired) electrons. The van der Waals surface area contributed by atoms with Gasteiger partial charge in [0.1, 0.15) is 30.3 Å². The molecule has 262 valence electrons. The number of carbonyl (C=O) groups excluding carboxylic acids is 5. The van der Waals surface area contributed by atoms with Crippen LogP contribution in [0.15, 0.2) is 54.6 Å². The highest BCUT2D eigenvalue weighted by molar-refractivity contribution is 7.98. The van der Waals surface area contributed by atoms with E-state index in [1.807, 2.05) is 31.2 Å². The number of hydrogen-bond donors (Lipinski definition) is 6. The highest BCUT2D eigenvalue weighted by atomic mass is 32.2. The van der Waals surface area contributed by atoms with Crippen molar-refractivity contribution in [1.29, 1.82) is 0 Å². The second kappa shape index (κ2) is 19.3. The molecule has 0 aromatic heterocycles. The van der Waals surface area contributed by atoms with Crippen LogP contribution in [0.25, 0.3) is 0 Å². The van der Waals surface area contributed by atoms with Crippen LogP contribution < -0.4 is 26.6 Å². The molecule has 14 heteroatoms. The van der Waals surface area contributed by atoms with Crippen LogP contribution in [-0.2, 0) is 40.9 Å². The van der Waals surface area contributed by atoms with Crippen molar-refractivity contribution in [3.63, 3.8) is 0 Å². The monoisotopic (exact) mass is 685 g/mol. The number of thioether (sulfide) groups is 1. The molecule has 2 aromatic rings. The van der Waals surface area contributed by atoms with Gasteiger partial charge >= 0.3 is 12.1 Å². The third-order valence-corrected chi connectivity index (χ3v) is 7.81. The van der Waals surface area contributed by atoms with E-state index in [1.165, 1.54) is 11.8 Å². The molecule has 0 bridgehead atoms. The zero-order valence-electron chi connectivity index (χ0n) is 28.3. The van der Waals surface area contributed by atoms with Gasteiger partial charge in [-0.1, -0.05) is 74.0 Å². The average molecular weight is 686 g/mol. The Labute approximate surface area is 285 Å². The van der Waals surface area contributed by atoms with Crippen LogP contribution >= 0.6 is 11.8 Å². The van der Waals surface area contributed by atoms with Gasteiger partial charge in [0.2, 0.25) is 23.6 Å². The number of carbonyl (C=O) groups is 6. The molecular formula is C34H47N5O8S. The minimum atomic E-state index is -1.24. The minimum Gasteiger partial charge on any atom is -0.480 e. The van der Waals surface area contributed by atoms with E-state index in [9.17, 15) is 28.8 Å². The first-order valence-electron chi connectivity index (χ1n) is 15.6. The molecule has 0 aliphatic carbocycles. The Bertz CT molecular complexity index is 1400. The van der Waals surface area contributed by atoms with E-state index in [2.05, 4.69) is 26.6 Å². The van der Waals surface area contributed by atoms with Crippen molar-refractivity contribution >= 4 is 47.5 Å². The fourth-order valence-electron chi connectivity index (χ4n) is 4.25. The van der Waals surface area contributed by atoms with Crippen LogP contribution in [0.5, 0.6) is 0 Å². The SMILES string of the molecule is Cc1ccc(CSC[C@H](NC(=O)[C@@H](NC(=O)OC(C)(C)C)C(C)C)C(=O)N[C@@H](Cc2ccccc2)C(=O)NCC(=O)NCC(=O)O)cc1. The Kier molecular flexibility index (Phi) is 15.9. The number of alkyl carbamates (subject to hydrolysis) is 1. The van der Waals surface area contributed by atoms with Crippen LogP contribution in [0.3, 0.4) is 0 Å². The van der Waals surface area contributed by atoms with Gasteiger partial charge < -0.3 is 36.4 Å². The molecule has 0 aliphatic heterocycles. The smallest absolute Gasteiger partial charge is 0.408 e. The molecule has 0 saturated heterocycles. The Hall–Kier alpha value is -4.59. The van der Waals surface area contributed by atoms with Crippen molar-refractivity contribution in [2.75, 3.05) is 18.8 Å². The summed E-state index contributed by atoms with van der Waals surface area (Å²) in [5.41, 5.74) is 2.06. The number of aryl methyl sites for hydroxylation is 1. The molecule has 2 aromatic carbocycles. The third kappa shape index (κ3) is 15.3. The molecule has 2 rings (SSSR count). The molecule has 3 atom stereocenters. The predicted octanol–water partition coefficient (Wildman–Crippen LogP) is 2.31. The van der Waals surface area contributed by atoms with Crippen molar-refractivity contribution in [3.8, 4) is 0 Å². The van der Waals surface area contributed by atoms with Gasteiger partial charge in [0.05, 0.1) is 6.54 Å². The van der Waals surface area contributed by atoms with E-state index >= 15 is 0 Å². The maximum Gasteiger partial charge on any atom is 0.408 e. The summed E-state index contributed by atoms with van der Waals surface area (Å²) in [5.74, 6) is -3.56. The first kappa shape index (κ1) is 39.6. The lowest BCUT2D eigenvalue weighted by atomic mass is 10.0. The normalized spacial score (nSPS) is 13.0. The Morgan fingerprint density at radius 3 is 1.98 bits per heavy atom. The number of benzene rings is 2. The van der Waals surface area contributed by atoms with E-state index in [4.69, 9.17) is 9.84 Å². The standard InChI is InChI=1S/C34H47N5O8S/c1-21(2)29(39-33(46)47-34(4,5)6)32(45)38-26(20-48-19-24-14-12-22(3)13-15-24)31(44)37-25(16-23-10-8-7-9-11-23)30(43)36-17-27(40)35-18-28(41)42/h7-15,21,25-26,29H,16-20H2,1-6H3,(H,35,40)(H,36,43)(H,37,44)(H,38,45)(H,39,46)(H,41,42)/t25-,26-,29-/m0/s1. The molecule has 5 amide bonds. The van der Waals surface area contributed by atoms with E-state index in [0.717, 1.165) is 16.7 Å². The van der Waals surface area contributed by atoms with Crippen molar-refractivity contribution in [2.24, 2.45) is 5.92 Å². The van der Waals surface area contributed by atoms with Gasteiger partial charge in [0, 0.05) is 17.9 Å². The number of nitrogens with one attached hydrogen (secondary N) is 5. The lowest BCUT2D eigenvalue weighted by molar-refractivity contribution is -0.138. The molecule has 0 spiro atoms. The van der Waals surface area contributed by atoms with E-state index in [0.29, 0.717) is 5.75 Å². The fraction of sp³-hybridized carbons (Fsp3) is 0.471. The van der Waals surface area contributed by atoms with Gasteiger partial charge in [-0.2, -0.15) is 11.8 Å². The summed E-state index contributed by atoms with van der Waals surface area (Å²) in [5, 5.41) is 21.5. The van der Waals surface area contributed by atoms with E-state index < -0.39 is 72.5 Å². The van der Waals surface area contributed by atoms with Crippen molar-refractivity contribution in [1.82, 2.24) is 26.6 Å². The highest BCUT2D eigenvalue weighted by Gasteiger charge is 2.32. The first-order chi connectivity index (χ1) is 22.5. The molecule has 6 N–H and O–H groups in total. The zero-order chi connectivity index (χ0) is 35.9. The average Bonchev–Trinajstić information content (AvgIpc) is 3.00. The number of aliphatic carboxylic acids is 1. The summed E-state index contributed by atoms with van der Waals surface area (Å²) in [6, 6.07) is 13.5.